The van der Waals surface area contributed by atoms with E-state index in [4.69, 9.17) is 14.7 Å². The molecule has 0 aliphatic rings. The van der Waals surface area contributed by atoms with Gasteiger partial charge in [0.2, 0.25) is 0 Å². The van der Waals surface area contributed by atoms with Crippen LogP contribution < -0.4 is 10.8 Å². The molecule has 0 bridgehead atoms. The van der Waals surface area contributed by atoms with Crippen molar-refractivity contribution < 1.29 is 29.4 Å². The van der Waals surface area contributed by atoms with Crippen LogP contribution in [0.5, 0.6) is 5.75 Å². The summed E-state index contributed by atoms with van der Waals surface area (Å²) < 4.78 is 11.7. The SMILES string of the molecule is CO[C@H](/C=C/C(=O)NO)[C@H](OC(=O)Nc1ccc(SC)cc1)c1cc(I)ccc1O. The average Bonchev–Trinajstić information content (AvgIpc) is 2.75. The van der Waals surface area contributed by atoms with Crippen molar-refractivity contribution in [3.63, 3.8) is 0 Å². The molecule has 0 aliphatic heterocycles. The summed E-state index contributed by atoms with van der Waals surface area (Å²) in [5.41, 5.74) is 2.31. The average molecular weight is 544 g/mol. The molecule has 0 saturated heterocycles. The molecule has 0 aliphatic carbocycles. The fraction of sp³-hybridized carbons (Fsp3) is 0.200. The molecule has 2 atom stereocenters. The number of rotatable bonds is 8. The van der Waals surface area contributed by atoms with Gasteiger partial charge in [0.1, 0.15) is 11.9 Å². The Labute approximate surface area is 191 Å². The summed E-state index contributed by atoms with van der Waals surface area (Å²) in [6.07, 6.45) is 1.54. The third kappa shape index (κ3) is 6.90. The van der Waals surface area contributed by atoms with Gasteiger partial charge in [-0.25, -0.2) is 10.3 Å². The first-order chi connectivity index (χ1) is 14.4. The Hall–Kier alpha value is -2.28. The molecule has 0 radical (unpaired) electrons. The highest BCUT2D eigenvalue weighted by molar-refractivity contribution is 14.1. The fourth-order valence-corrected chi connectivity index (χ4v) is 3.44. The molecule has 0 aromatic heterocycles. The Kier molecular flexibility index (Phi) is 9.43. The summed E-state index contributed by atoms with van der Waals surface area (Å²) >= 11 is 3.64. The zero-order chi connectivity index (χ0) is 22.1. The highest BCUT2D eigenvalue weighted by Crippen LogP contribution is 2.33. The second kappa shape index (κ2) is 11.8. The van der Waals surface area contributed by atoms with E-state index in [0.717, 1.165) is 14.5 Å². The van der Waals surface area contributed by atoms with Crippen LogP contribution in [0, 0.1) is 3.57 Å². The number of phenolic OH excluding ortho intramolecular Hbond substituents is 1. The van der Waals surface area contributed by atoms with Crippen LogP contribution in [0.25, 0.3) is 0 Å². The molecule has 0 saturated carbocycles. The molecule has 2 aromatic rings. The van der Waals surface area contributed by atoms with Crippen LogP contribution in [0.4, 0.5) is 10.5 Å². The van der Waals surface area contributed by atoms with Crippen molar-refractivity contribution in [2.24, 2.45) is 0 Å². The van der Waals surface area contributed by atoms with Gasteiger partial charge in [0, 0.05) is 32.9 Å². The lowest BCUT2D eigenvalue weighted by Gasteiger charge is -2.25. The lowest BCUT2D eigenvalue weighted by molar-refractivity contribution is -0.124. The van der Waals surface area contributed by atoms with Crippen molar-refractivity contribution in [1.82, 2.24) is 5.48 Å². The normalized spacial score (nSPS) is 12.9. The Balaban J connectivity index is 2.29. The lowest BCUT2D eigenvalue weighted by atomic mass is 10.0. The first-order valence-electron chi connectivity index (χ1n) is 8.63. The van der Waals surface area contributed by atoms with Crippen LogP contribution in [0.15, 0.2) is 59.5 Å². The number of benzene rings is 2. The molecular weight excluding hydrogens is 523 g/mol. The Morgan fingerprint density at radius 3 is 2.50 bits per heavy atom. The number of phenols is 1. The molecule has 10 heteroatoms. The van der Waals surface area contributed by atoms with Crippen LogP contribution in [-0.2, 0) is 14.3 Å². The van der Waals surface area contributed by atoms with Gasteiger partial charge in [0.25, 0.3) is 5.91 Å². The van der Waals surface area contributed by atoms with Crippen molar-refractivity contribution in [1.29, 1.82) is 0 Å². The van der Waals surface area contributed by atoms with Gasteiger partial charge < -0.3 is 14.6 Å². The number of amides is 2. The molecule has 2 amide bonds. The molecule has 160 valence electrons. The second-order valence-corrected chi connectivity index (χ2v) is 8.04. The highest BCUT2D eigenvalue weighted by Gasteiger charge is 2.28. The minimum atomic E-state index is -1.07. The predicted molar refractivity (Wildman–Crippen MR) is 122 cm³/mol. The van der Waals surface area contributed by atoms with Gasteiger partial charge in [-0.05, 0) is 77.4 Å². The van der Waals surface area contributed by atoms with Crippen molar-refractivity contribution in [2.45, 2.75) is 17.1 Å². The van der Waals surface area contributed by atoms with E-state index < -0.39 is 24.2 Å². The van der Waals surface area contributed by atoms with Gasteiger partial charge in [-0.1, -0.05) is 0 Å². The molecule has 0 heterocycles. The number of thioether (sulfide) groups is 1. The van der Waals surface area contributed by atoms with Crippen LogP contribution in [0.1, 0.15) is 11.7 Å². The number of aromatic hydroxyl groups is 1. The number of ether oxygens (including phenoxy) is 2. The molecule has 2 rings (SSSR count). The number of carbonyl (C=O) groups is 2. The fourth-order valence-electron chi connectivity index (χ4n) is 2.52. The van der Waals surface area contributed by atoms with Gasteiger partial charge in [0.15, 0.2) is 6.10 Å². The number of hydrogen-bond donors (Lipinski definition) is 4. The summed E-state index contributed by atoms with van der Waals surface area (Å²) in [6, 6.07) is 12.0. The third-order valence-corrected chi connectivity index (χ3v) is 5.40. The van der Waals surface area contributed by atoms with Gasteiger partial charge in [-0.3, -0.25) is 15.3 Å². The minimum Gasteiger partial charge on any atom is -0.508 e. The van der Waals surface area contributed by atoms with Gasteiger partial charge in [0.05, 0.1) is 0 Å². The number of halogens is 1. The Morgan fingerprint density at radius 1 is 1.20 bits per heavy atom. The van der Waals surface area contributed by atoms with E-state index in [1.807, 2.05) is 18.4 Å². The quantitative estimate of drug-likeness (QED) is 0.130. The largest absolute Gasteiger partial charge is 0.508 e. The first kappa shape index (κ1) is 24.0. The maximum Gasteiger partial charge on any atom is 0.412 e. The van der Waals surface area contributed by atoms with E-state index in [0.29, 0.717) is 11.3 Å². The van der Waals surface area contributed by atoms with Crippen LogP contribution in [0.2, 0.25) is 0 Å². The monoisotopic (exact) mass is 544 g/mol. The van der Waals surface area contributed by atoms with E-state index >= 15 is 0 Å². The number of anilines is 1. The maximum atomic E-state index is 12.5. The highest BCUT2D eigenvalue weighted by atomic mass is 127. The Bertz CT molecular complexity index is 907. The number of carbonyl (C=O) groups excluding carboxylic acids is 2. The van der Waals surface area contributed by atoms with Gasteiger partial charge in [-0.2, -0.15) is 0 Å². The summed E-state index contributed by atoms with van der Waals surface area (Å²) in [5, 5.41) is 21.6. The molecule has 8 nitrogen and oxygen atoms in total. The van der Waals surface area contributed by atoms with Crippen molar-refractivity contribution in [3.05, 3.63) is 63.8 Å². The topological polar surface area (TPSA) is 117 Å². The second-order valence-electron chi connectivity index (χ2n) is 5.92. The van der Waals surface area contributed by atoms with Crippen LogP contribution in [0.3, 0.4) is 0 Å². The lowest BCUT2D eigenvalue weighted by Crippen LogP contribution is -2.27. The molecular formula is C20H21IN2O6S. The summed E-state index contributed by atoms with van der Waals surface area (Å²) in [6.45, 7) is 0. The summed E-state index contributed by atoms with van der Waals surface area (Å²) in [4.78, 5) is 24.9. The molecule has 30 heavy (non-hydrogen) atoms. The first-order valence-corrected chi connectivity index (χ1v) is 10.9. The van der Waals surface area contributed by atoms with Crippen molar-refractivity contribution >= 4 is 52.0 Å². The van der Waals surface area contributed by atoms with Crippen molar-refractivity contribution in [2.75, 3.05) is 18.7 Å². The summed E-state index contributed by atoms with van der Waals surface area (Å²) in [7, 11) is 1.37. The van der Waals surface area contributed by atoms with E-state index in [2.05, 4.69) is 27.9 Å². The zero-order valence-corrected chi connectivity index (χ0v) is 19.1. The van der Waals surface area contributed by atoms with E-state index in [1.165, 1.54) is 24.7 Å². The maximum absolute atomic E-state index is 12.5. The number of methoxy groups -OCH3 is 1. The van der Waals surface area contributed by atoms with E-state index in [-0.39, 0.29) is 5.75 Å². The Morgan fingerprint density at radius 2 is 1.90 bits per heavy atom. The zero-order valence-electron chi connectivity index (χ0n) is 16.2. The number of hydroxylamine groups is 1. The summed E-state index contributed by atoms with van der Waals surface area (Å²) in [5.74, 6) is -0.874. The van der Waals surface area contributed by atoms with E-state index in [1.54, 1.807) is 36.0 Å². The smallest absolute Gasteiger partial charge is 0.412 e. The molecule has 0 spiro atoms. The molecule has 2 aromatic carbocycles. The van der Waals surface area contributed by atoms with E-state index in [9.17, 15) is 14.7 Å². The van der Waals surface area contributed by atoms with Crippen LogP contribution in [-0.4, -0.2) is 41.8 Å². The molecule has 0 unspecified atom stereocenters. The molecule has 4 N–H and O–H groups in total. The predicted octanol–water partition coefficient (Wildman–Crippen LogP) is 4.09. The van der Waals surface area contributed by atoms with Gasteiger partial charge >= 0.3 is 6.09 Å². The van der Waals surface area contributed by atoms with Gasteiger partial charge in [-0.15, -0.1) is 11.8 Å². The van der Waals surface area contributed by atoms with Crippen LogP contribution >= 0.6 is 34.4 Å². The van der Waals surface area contributed by atoms with Crippen molar-refractivity contribution in [3.8, 4) is 5.75 Å². The molecule has 0 fully saturated rings. The minimum absolute atomic E-state index is 0.0976. The number of nitrogens with one attached hydrogen (secondary N) is 2. The standard InChI is InChI=1S/C20H21IN2O6S/c1-28-17(9-10-18(25)23-27)19(15-11-12(21)3-8-16(15)24)29-20(26)22-13-4-6-14(30-2)7-5-13/h3-11,17,19,24,27H,1-2H3,(H,22,26)(H,23,25)/b10-9+/t17-,19-/m1/s1. The third-order valence-electron chi connectivity index (χ3n) is 3.98. The number of hydrogen-bond acceptors (Lipinski definition) is 7.